The Balaban J connectivity index is 2.89. The highest BCUT2D eigenvalue weighted by Gasteiger charge is 2.49. The van der Waals surface area contributed by atoms with Gasteiger partial charge in [-0.3, -0.25) is 0 Å². The Labute approximate surface area is 84.0 Å². The molecule has 0 N–H and O–H groups in total. The van der Waals surface area contributed by atoms with Crippen LogP contribution in [0.2, 0.25) is 0 Å². The first kappa shape index (κ1) is 11.0. The normalized spacial score (nSPS) is 17.3. The Bertz CT molecular complexity index is 515. The highest BCUT2D eigenvalue weighted by atomic mass is 19.3. The van der Waals surface area contributed by atoms with Crippen LogP contribution in [0.5, 0.6) is 0 Å². The molecule has 0 aromatic heterocycles. The zero-order valence-corrected chi connectivity index (χ0v) is 7.22. The quantitative estimate of drug-likeness (QED) is 0.370. The maximum atomic E-state index is 13.0. The standard InChI is InChI=1S/C9HF7/c10-3-1-2-4(9(3,15)16)6(12)8(14)7(13)5(2)11/h1H. The molecule has 0 saturated carbocycles. The van der Waals surface area contributed by atoms with Crippen molar-refractivity contribution in [2.75, 3.05) is 0 Å². The predicted octanol–water partition coefficient (Wildman–Crippen LogP) is 3.66. The van der Waals surface area contributed by atoms with E-state index in [0.29, 0.717) is 0 Å². The minimum atomic E-state index is -4.48. The molecular weight excluding hydrogens is 241 g/mol. The summed E-state index contributed by atoms with van der Waals surface area (Å²) in [4.78, 5) is 0. The molecule has 0 saturated heterocycles. The van der Waals surface area contributed by atoms with E-state index in [2.05, 4.69) is 0 Å². The van der Waals surface area contributed by atoms with Crippen molar-refractivity contribution in [2.45, 2.75) is 5.92 Å². The molecule has 0 unspecified atom stereocenters. The maximum absolute atomic E-state index is 13.0. The maximum Gasteiger partial charge on any atom is 0.327 e. The van der Waals surface area contributed by atoms with E-state index in [1.54, 1.807) is 0 Å². The van der Waals surface area contributed by atoms with Gasteiger partial charge in [-0.25, -0.2) is 22.0 Å². The van der Waals surface area contributed by atoms with E-state index in [0.717, 1.165) is 0 Å². The van der Waals surface area contributed by atoms with Gasteiger partial charge in [-0.2, -0.15) is 8.78 Å². The first-order chi connectivity index (χ1) is 7.28. The molecule has 0 nitrogen and oxygen atoms in total. The van der Waals surface area contributed by atoms with E-state index in [4.69, 9.17) is 0 Å². The summed E-state index contributed by atoms with van der Waals surface area (Å²) >= 11 is 0. The summed E-state index contributed by atoms with van der Waals surface area (Å²) in [7, 11) is 0. The zero-order chi connectivity index (χ0) is 12.2. The number of alkyl halides is 2. The second-order valence-corrected chi connectivity index (χ2v) is 3.11. The molecule has 0 heterocycles. The highest BCUT2D eigenvalue weighted by Crippen LogP contribution is 2.48. The lowest BCUT2D eigenvalue weighted by Crippen LogP contribution is -2.16. The molecule has 1 aromatic carbocycles. The van der Waals surface area contributed by atoms with Gasteiger partial charge in [-0.15, -0.1) is 0 Å². The molecule has 2 rings (SSSR count). The molecular formula is C9HF7. The van der Waals surface area contributed by atoms with Crippen molar-refractivity contribution in [3.8, 4) is 0 Å². The third-order valence-electron chi connectivity index (χ3n) is 2.19. The van der Waals surface area contributed by atoms with Gasteiger partial charge in [-0.05, 0) is 6.08 Å². The van der Waals surface area contributed by atoms with Crippen molar-refractivity contribution in [1.82, 2.24) is 0 Å². The lowest BCUT2D eigenvalue weighted by molar-refractivity contribution is 0.0145. The average molecular weight is 242 g/mol. The van der Waals surface area contributed by atoms with Crippen LogP contribution in [0.1, 0.15) is 11.1 Å². The summed E-state index contributed by atoms with van der Waals surface area (Å²) in [6.45, 7) is 0. The summed E-state index contributed by atoms with van der Waals surface area (Å²) in [5.74, 6) is -15.6. The zero-order valence-electron chi connectivity index (χ0n) is 7.22. The number of hydrogen-bond acceptors (Lipinski definition) is 0. The van der Waals surface area contributed by atoms with E-state index in [9.17, 15) is 30.7 Å². The molecule has 0 atom stereocenters. The van der Waals surface area contributed by atoms with Crippen LogP contribution in [0, 0.1) is 23.3 Å². The number of fused-ring (bicyclic) bond motifs is 1. The van der Waals surface area contributed by atoms with Crippen LogP contribution in [0.25, 0.3) is 6.08 Å². The van der Waals surface area contributed by atoms with E-state index < -0.39 is 46.1 Å². The van der Waals surface area contributed by atoms with Crippen molar-refractivity contribution >= 4 is 6.08 Å². The van der Waals surface area contributed by atoms with Gasteiger partial charge >= 0.3 is 5.92 Å². The largest absolute Gasteiger partial charge is 0.327 e. The molecule has 16 heavy (non-hydrogen) atoms. The van der Waals surface area contributed by atoms with E-state index >= 15 is 0 Å². The fourth-order valence-corrected chi connectivity index (χ4v) is 1.43. The van der Waals surface area contributed by atoms with Crippen molar-refractivity contribution in [2.24, 2.45) is 0 Å². The molecule has 1 aliphatic carbocycles. The molecule has 0 spiro atoms. The molecule has 86 valence electrons. The Morgan fingerprint density at radius 2 is 1.25 bits per heavy atom. The molecule has 0 aliphatic heterocycles. The number of allylic oxidation sites excluding steroid dienone is 1. The van der Waals surface area contributed by atoms with Gasteiger partial charge in [0, 0.05) is 5.56 Å². The lowest BCUT2D eigenvalue weighted by Gasteiger charge is -2.12. The van der Waals surface area contributed by atoms with Gasteiger partial charge in [0.15, 0.2) is 29.1 Å². The molecule has 0 fully saturated rings. The Hall–Kier alpha value is -1.53. The van der Waals surface area contributed by atoms with Crippen LogP contribution in [0.4, 0.5) is 30.7 Å². The summed E-state index contributed by atoms with van der Waals surface area (Å²) in [6, 6.07) is 0. The van der Waals surface area contributed by atoms with Crippen LogP contribution in [0.3, 0.4) is 0 Å². The van der Waals surface area contributed by atoms with Crippen molar-refractivity contribution in [1.29, 1.82) is 0 Å². The first-order valence-corrected chi connectivity index (χ1v) is 3.90. The van der Waals surface area contributed by atoms with Crippen LogP contribution < -0.4 is 0 Å². The second kappa shape index (κ2) is 2.99. The summed E-state index contributed by atoms with van der Waals surface area (Å²) in [6.07, 6.45) is -0.0593. The van der Waals surface area contributed by atoms with E-state index in [1.165, 1.54) is 0 Å². The summed E-state index contributed by atoms with van der Waals surface area (Å²) < 4.78 is 89.7. The minimum absolute atomic E-state index is 0.0593. The Morgan fingerprint density at radius 3 is 1.81 bits per heavy atom. The number of rotatable bonds is 0. The Kier molecular flexibility index (Phi) is 2.05. The smallest absolute Gasteiger partial charge is 0.205 e. The summed E-state index contributed by atoms with van der Waals surface area (Å²) in [5.41, 5.74) is -3.12. The fraction of sp³-hybridized carbons (Fsp3) is 0.111. The van der Waals surface area contributed by atoms with Gasteiger partial charge in [0.2, 0.25) is 0 Å². The van der Waals surface area contributed by atoms with Crippen molar-refractivity contribution in [3.05, 3.63) is 40.2 Å². The first-order valence-electron chi connectivity index (χ1n) is 3.90. The fourth-order valence-electron chi connectivity index (χ4n) is 1.43. The minimum Gasteiger partial charge on any atom is -0.205 e. The summed E-state index contributed by atoms with van der Waals surface area (Å²) in [5, 5.41) is 0. The highest BCUT2D eigenvalue weighted by molar-refractivity contribution is 5.66. The number of benzene rings is 1. The molecule has 0 radical (unpaired) electrons. The number of hydrogen-bond donors (Lipinski definition) is 0. The molecule has 0 bridgehead atoms. The molecule has 1 aromatic rings. The third kappa shape index (κ3) is 1.11. The lowest BCUT2D eigenvalue weighted by atomic mass is 10.1. The van der Waals surface area contributed by atoms with Crippen LogP contribution in [0.15, 0.2) is 5.83 Å². The van der Waals surface area contributed by atoms with Gasteiger partial charge in [-0.1, -0.05) is 0 Å². The topological polar surface area (TPSA) is 0 Å². The number of halogens is 7. The van der Waals surface area contributed by atoms with Crippen molar-refractivity contribution < 1.29 is 30.7 Å². The van der Waals surface area contributed by atoms with Crippen LogP contribution in [-0.2, 0) is 5.92 Å². The predicted molar refractivity (Wildman–Crippen MR) is 39.3 cm³/mol. The van der Waals surface area contributed by atoms with E-state index in [-0.39, 0.29) is 6.08 Å². The molecule has 0 amide bonds. The second-order valence-electron chi connectivity index (χ2n) is 3.11. The average Bonchev–Trinajstić information content (AvgIpc) is 2.45. The molecule has 1 aliphatic rings. The molecule has 7 heteroatoms. The van der Waals surface area contributed by atoms with Crippen LogP contribution in [-0.4, -0.2) is 0 Å². The Morgan fingerprint density at radius 1 is 0.750 bits per heavy atom. The third-order valence-corrected chi connectivity index (χ3v) is 2.19. The SMILES string of the molecule is FC1=Cc2c(F)c(F)c(F)c(F)c2C1(F)F. The van der Waals surface area contributed by atoms with Crippen molar-refractivity contribution in [3.63, 3.8) is 0 Å². The van der Waals surface area contributed by atoms with Gasteiger partial charge in [0.1, 0.15) is 0 Å². The van der Waals surface area contributed by atoms with Gasteiger partial charge < -0.3 is 0 Å². The van der Waals surface area contributed by atoms with Gasteiger partial charge in [0.05, 0.1) is 5.56 Å². The van der Waals surface area contributed by atoms with Crippen LogP contribution >= 0.6 is 0 Å². The monoisotopic (exact) mass is 242 g/mol. The van der Waals surface area contributed by atoms with E-state index in [1.807, 2.05) is 0 Å². The van der Waals surface area contributed by atoms with Gasteiger partial charge in [0.25, 0.3) is 0 Å².